The topological polar surface area (TPSA) is 58.4 Å². The zero-order valence-electron chi connectivity index (χ0n) is 13.5. The summed E-state index contributed by atoms with van der Waals surface area (Å²) < 4.78 is 0. The summed E-state index contributed by atoms with van der Waals surface area (Å²) in [6.07, 6.45) is 1.26. The van der Waals surface area contributed by atoms with E-state index in [4.69, 9.17) is 5.73 Å². The van der Waals surface area contributed by atoms with E-state index in [2.05, 4.69) is 48.3 Å². The third-order valence-electron chi connectivity index (χ3n) is 3.42. The molecule has 0 unspecified atom stereocenters. The van der Waals surface area contributed by atoms with Crippen molar-refractivity contribution in [3.05, 3.63) is 35.4 Å². The van der Waals surface area contributed by atoms with Crippen LogP contribution in [0.15, 0.2) is 24.3 Å². The number of rotatable bonds is 9. The molecule has 128 valence electrons. The number of nitrogens with zero attached hydrogens (tertiary/aromatic N) is 1. The Labute approximate surface area is 146 Å². The summed E-state index contributed by atoms with van der Waals surface area (Å²) in [7, 11) is 0. The van der Waals surface area contributed by atoms with E-state index in [0.717, 1.165) is 31.6 Å². The van der Waals surface area contributed by atoms with Crippen molar-refractivity contribution in [3.63, 3.8) is 0 Å². The molecule has 0 aliphatic rings. The molecule has 6 heteroatoms. The van der Waals surface area contributed by atoms with Gasteiger partial charge in [-0.05, 0) is 37.2 Å². The van der Waals surface area contributed by atoms with Gasteiger partial charge in [-0.25, -0.2) is 0 Å². The Hall–Kier alpha value is -0.810. The fraction of sp³-hybridized carbons (Fsp3) is 0.562. The van der Waals surface area contributed by atoms with Crippen molar-refractivity contribution in [3.8, 4) is 0 Å². The van der Waals surface area contributed by atoms with Gasteiger partial charge in [0.05, 0.1) is 0 Å². The van der Waals surface area contributed by atoms with Gasteiger partial charge in [0.25, 0.3) is 0 Å². The van der Waals surface area contributed by atoms with Gasteiger partial charge in [0.1, 0.15) is 0 Å². The zero-order chi connectivity index (χ0) is 14.8. The van der Waals surface area contributed by atoms with Crippen LogP contribution in [0.2, 0.25) is 0 Å². The number of halogens is 2. The molecule has 3 N–H and O–H groups in total. The molecule has 0 saturated heterocycles. The van der Waals surface area contributed by atoms with Crippen LogP contribution < -0.4 is 11.1 Å². The monoisotopic (exact) mass is 349 g/mol. The van der Waals surface area contributed by atoms with Crippen molar-refractivity contribution >= 4 is 30.7 Å². The van der Waals surface area contributed by atoms with Gasteiger partial charge in [0, 0.05) is 19.5 Å². The fourth-order valence-electron chi connectivity index (χ4n) is 2.02. The average molecular weight is 350 g/mol. The largest absolute Gasteiger partial charge is 0.352 e. The van der Waals surface area contributed by atoms with Crippen molar-refractivity contribution in [2.24, 2.45) is 5.73 Å². The summed E-state index contributed by atoms with van der Waals surface area (Å²) >= 11 is 0. The molecule has 1 aromatic rings. The summed E-state index contributed by atoms with van der Waals surface area (Å²) in [4.78, 5) is 13.9. The molecule has 0 fully saturated rings. The van der Waals surface area contributed by atoms with Gasteiger partial charge >= 0.3 is 0 Å². The molecule has 1 amide bonds. The van der Waals surface area contributed by atoms with E-state index < -0.39 is 0 Å². The molecule has 1 rings (SSSR count). The Morgan fingerprint density at radius 1 is 1.09 bits per heavy atom. The standard InChI is InChI=1S/C16H27N3O.2ClH/c1-3-19(4-2)13-15-9-7-14(8-10-15)12-18-16(20)6-5-11-17;;/h7-10H,3-6,11-13,17H2,1-2H3,(H,18,20);2*1H. The average Bonchev–Trinajstić information content (AvgIpc) is 2.49. The molecule has 0 spiro atoms. The van der Waals surface area contributed by atoms with Crippen LogP contribution >= 0.6 is 24.8 Å². The second-order valence-corrected chi connectivity index (χ2v) is 4.95. The Kier molecular flexibility index (Phi) is 14.7. The van der Waals surface area contributed by atoms with Crippen molar-refractivity contribution in [1.29, 1.82) is 0 Å². The summed E-state index contributed by atoms with van der Waals surface area (Å²) in [5.74, 6) is 0.0719. The van der Waals surface area contributed by atoms with Gasteiger partial charge in [0.2, 0.25) is 5.91 Å². The van der Waals surface area contributed by atoms with Crippen LogP contribution in [0.3, 0.4) is 0 Å². The minimum Gasteiger partial charge on any atom is -0.352 e. The second kappa shape index (κ2) is 13.8. The SMILES string of the molecule is CCN(CC)Cc1ccc(CNC(=O)CCCN)cc1.Cl.Cl. The number of hydrogen-bond acceptors (Lipinski definition) is 3. The van der Waals surface area contributed by atoms with E-state index in [9.17, 15) is 4.79 Å². The molecule has 0 aromatic heterocycles. The van der Waals surface area contributed by atoms with Crippen LogP contribution in [-0.4, -0.2) is 30.4 Å². The summed E-state index contributed by atoms with van der Waals surface area (Å²) in [6.45, 7) is 8.62. The summed E-state index contributed by atoms with van der Waals surface area (Å²) in [5.41, 5.74) is 7.82. The smallest absolute Gasteiger partial charge is 0.220 e. The number of amides is 1. The van der Waals surface area contributed by atoms with Gasteiger partial charge < -0.3 is 11.1 Å². The minimum absolute atomic E-state index is 0. The molecule has 22 heavy (non-hydrogen) atoms. The molecule has 0 bridgehead atoms. The molecule has 0 aliphatic carbocycles. The van der Waals surface area contributed by atoms with Crippen LogP contribution in [0.25, 0.3) is 0 Å². The van der Waals surface area contributed by atoms with Gasteiger partial charge in [0.15, 0.2) is 0 Å². The number of nitrogens with one attached hydrogen (secondary N) is 1. The first kappa shape index (κ1) is 23.5. The lowest BCUT2D eigenvalue weighted by atomic mass is 10.1. The van der Waals surface area contributed by atoms with Crippen LogP contribution in [-0.2, 0) is 17.9 Å². The highest BCUT2D eigenvalue weighted by Crippen LogP contribution is 2.07. The highest BCUT2D eigenvalue weighted by molar-refractivity contribution is 5.85. The van der Waals surface area contributed by atoms with Gasteiger partial charge in [-0.3, -0.25) is 9.69 Å². The third kappa shape index (κ3) is 9.26. The number of carbonyl (C=O) groups is 1. The molecule has 1 aromatic carbocycles. The van der Waals surface area contributed by atoms with E-state index in [-0.39, 0.29) is 30.7 Å². The van der Waals surface area contributed by atoms with Crippen LogP contribution in [0, 0.1) is 0 Å². The van der Waals surface area contributed by atoms with Crippen LogP contribution in [0.5, 0.6) is 0 Å². The van der Waals surface area contributed by atoms with Crippen molar-refractivity contribution in [2.45, 2.75) is 39.8 Å². The Morgan fingerprint density at radius 3 is 2.14 bits per heavy atom. The molecule has 0 aliphatic heterocycles. The Bertz CT molecular complexity index is 395. The molecule has 0 heterocycles. The lowest BCUT2D eigenvalue weighted by Gasteiger charge is -2.18. The van der Waals surface area contributed by atoms with Crippen molar-refractivity contribution in [2.75, 3.05) is 19.6 Å². The first-order valence-corrected chi connectivity index (χ1v) is 7.46. The Balaban J connectivity index is 0. The third-order valence-corrected chi connectivity index (χ3v) is 3.42. The highest BCUT2D eigenvalue weighted by Gasteiger charge is 2.03. The maximum atomic E-state index is 11.5. The lowest BCUT2D eigenvalue weighted by Crippen LogP contribution is -2.23. The normalized spacial score (nSPS) is 9.82. The van der Waals surface area contributed by atoms with E-state index >= 15 is 0 Å². The molecule has 0 radical (unpaired) electrons. The number of hydrogen-bond donors (Lipinski definition) is 2. The number of carbonyl (C=O) groups excluding carboxylic acids is 1. The molecular weight excluding hydrogens is 321 g/mol. The number of nitrogens with two attached hydrogens (primary N) is 1. The first-order valence-electron chi connectivity index (χ1n) is 7.46. The van der Waals surface area contributed by atoms with Crippen LogP contribution in [0.4, 0.5) is 0 Å². The first-order chi connectivity index (χ1) is 9.69. The fourth-order valence-corrected chi connectivity index (χ4v) is 2.02. The zero-order valence-corrected chi connectivity index (χ0v) is 15.1. The Morgan fingerprint density at radius 2 is 1.64 bits per heavy atom. The molecule has 0 saturated carbocycles. The van der Waals surface area contributed by atoms with E-state index in [0.29, 0.717) is 19.5 Å². The maximum Gasteiger partial charge on any atom is 0.220 e. The van der Waals surface area contributed by atoms with Gasteiger partial charge in [-0.2, -0.15) is 0 Å². The number of benzene rings is 1. The molecule has 4 nitrogen and oxygen atoms in total. The van der Waals surface area contributed by atoms with Gasteiger partial charge in [-0.15, -0.1) is 24.8 Å². The quantitative estimate of drug-likeness (QED) is 0.720. The maximum absolute atomic E-state index is 11.5. The molecular formula is C16H29Cl2N3O. The highest BCUT2D eigenvalue weighted by atomic mass is 35.5. The predicted molar refractivity (Wildman–Crippen MR) is 97.7 cm³/mol. The van der Waals surface area contributed by atoms with E-state index in [1.54, 1.807) is 0 Å². The summed E-state index contributed by atoms with van der Waals surface area (Å²) in [5, 5.41) is 2.91. The predicted octanol–water partition coefficient (Wildman–Crippen LogP) is 2.73. The molecule has 0 atom stereocenters. The van der Waals surface area contributed by atoms with Crippen molar-refractivity contribution < 1.29 is 4.79 Å². The van der Waals surface area contributed by atoms with Crippen molar-refractivity contribution in [1.82, 2.24) is 10.2 Å². The minimum atomic E-state index is 0. The van der Waals surface area contributed by atoms with E-state index in [1.807, 2.05) is 0 Å². The summed E-state index contributed by atoms with van der Waals surface area (Å²) in [6, 6.07) is 8.45. The van der Waals surface area contributed by atoms with Gasteiger partial charge in [-0.1, -0.05) is 38.1 Å². The second-order valence-electron chi connectivity index (χ2n) is 4.95. The van der Waals surface area contributed by atoms with E-state index in [1.165, 1.54) is 5.56 Å². The van der Waals surface area contributed by atoms with Crippen LogP contribution in [0.1, 0.15) is 37.8 Å². The lowest BCUT2D eigenvalue weighted by molar-refractivity contribution is -0.121.